The average Bonchev–Trinajstić information content (AvgIpc) is 3.01. The molecule has 2 fully saturated rings. The van der Waals surface area contributed by atoms with Crippen LogP contribution in [0.3, 0.4) is 0 Å². The first-order chi connectivity index (χ1) is 9.42. The summed E-state index contributed by atoms with van der Waals surface area (Å²) in [5.74, 6) is 1.39. The minimum atomic E-state index is 0.215. The van der Waals surface area contributed by atoms with Gasteiger partial charge in [-0.3, -0.25) is 0 Å². The molecule has 5 heteroatoms. The molecule has 1 aliphatic carbocycles. The molecule has 104 valence electrons. The Morgan fingerprint density at radius 2 is 2.05 bits per heavy atom. The van der Waals surface area contributed by atoms with E-state index < -0.39 is 0 Å². The van der Waals surface area contributed by atoms with Crippen molar-refractivity contribution in [3.8, 4) is 0 Å². The van der Waals surface area contributed by atoms with Gasteiger partial charge in [0.25, 0.3) is 0 Å². The molecular weight excluding hydrogens is 240 g/mol. The number of nitrogens with one attached hydrogen (secondary N) is 2. The standard InChI is InChI=1S/C14H22N4O/c1-2-4-11(3-1)12-7-16-14(17-8-12)18-10-13-9-15-5-6-19-13/h7-8,11,13,15H,1-6,9-10H2,(H,16,17,18). The zero-order chi connectivity index (χ0) is 12.9. The summed E-state index contributed by atoms with van der Waals surface area (Å²) in [6.07, 6.45) is 9.44. The Kier molecular flexibility index (Phi) is 4.25. The van der Waals surface area contributed by atoms with Gasteiger partial charge in [-0.15, -0.1) is 0 Å². The van der Waals surface area contributed by atoms with Gasteiger partial charge in [0.1, 0.15) is 0 Å². The van der Waals surface area contributed by atoms with Crippen molar-refractivity contribution in [2.45, 2.75) is 37.7 Å². The summed E-state index contributed by atoms with van der Waals surface area (Å²) in [5.41, 5.74) is 1.29. The lowest BCUT2D eigenvalue weighted by molar-refractivity contribution is 0.0371. The molecule has 0 radical (unpaired) electrons. The number of nitrogens with zero attached hydrogens (tertiary/aromatic N) is 2. The molecule has 19 heavy (non-hydrogen) atoms. The molecule has 2 heterocycles. The number of rotatable bonds is 4. The molecule has 0 spiro atoms. The number of ether oxygens (including phenoxy) is 1. The third kappa shape index (κ3) is 3.42. The number of morpholine rings is 1. The summed E-state index contributed by atoms with van der Waals surface area (Å²) >= 11 is 0. The van der Waals surface area contributed by atoms with Crippen LogP contribution in [0.1, 0.15) is 37.2 Å². The maximum Gasteiger partial charge on any atom is 0.222 e. The van der Waals surface area contributed by atoms with Gasteiger partial charge in [0.05, 0.1) is 12.7 Å². The van der Waals surface area contributed by atoms with E-state index in [0.29, 0.717) is 11.9 Å². The molecule has 2 N–H and O–H groups in total. The zero-order valence-electron chi connectivity index (χ0n) is 11.3. The van der Waals surface area contributed by atoms with Crippen molar-refractivity contribution in [1.29, 1.82) is 0 Å². The minimum absolute atomic E-state index is 0.215. The first-order valence-corrected chi connectivity index (χ1v) is 7.30. The smallest absolute Gasteiger partial charge is 0.222 e. The van der Waals surface area contributed by atoms with E-state index in [1.807, 2.05) is 12.4 Å². The van der Waals surface area contributed by atoms with Crippen molar-refractivity contribution in [1.82, 2.24) is 15.3 Å². The van der Waals surface area contributed by atoms with E-state index in [1.54, 1.807) is 0 Å². The fourth-order valence-electron chi connectivity index (χ4n) is 2.86. The van der Waals surface area contributed by atoms with Crippen molar-refractivity contribution in [3.05, 3.63) is 18.0 Å². The van der Waals surface area contributed by atoms with Crippen LogP contribution in [0.25, 0.3) is 0 Å². The second-order valence-electron chi connectivity index (χ2n) is 5.40. The van der Waals surface area contributed by atoms with Gasteiger partial charge in [-0.1, -0.05) is 12.8 Å². The highest BCUT2D eigenvalue weighted by atomic mass is 16.5. The molecular formula is C14H22N4O. The Morgan fingerprint density at radius 1 is 1.26 bits per heavy atom. The molecule has 1 aliphatic heterocycles. The Bertz CT molecular complexity index is 383. The van der Waals surface area contributed by atoms with Gasteiger partial charge >= 0.3 is 0 Å². The van der Waals surface area contributed by atoms with Gasteiger partial charge in [0, 0.05) is 32.0 Å². The molecule has 1 unspecified atom stereocenters. The van der Waals surface area contributed by atoms with Crippen LogP contribution in [0.2, 0.25) is 0 Å². The van der Waals surface area contributed by atoms with Crippen molar-refractivity contribution in [3.63, 3.8) is 0 Å². The van der Waals surface area contributed by atoms with Crippen LogP contribution in [-0.4, -0.2) is 42.3 Å². The monoisotopic (exact) mass is 262 g/mol. The predicted molar refractivity (Wildman–Crippen MR) is 74.3 cm³/mol. The van der Waals surface area contributed by atoms with E-state index in [9.17, 15) is 0 Å². The minimum Gasteiger partial charge on any atom is -0.374 e. The second-order valence-corrected chi connectivity index (χ2v) is 5.40. The Morgan fingerprint density at radius 3 is 2.74 bits per heavy atom. The van der Waals surface area contributed by atoms with E-state index in [4.69, 9.17) is 4.74 Å². The lowest BCUT2D eigenvalue weighted by atomic mass is 10.0. The second kappa shape index (κ2) is 6.30. The predicted octanol–water partition coefficient (Wildman–Crippen LogP) is 1.53. The zero-order valence-corrected chi connectivity index (χ0v) is 11.3. The summed E-state index contributed by atoms with van der Waals surface area (Å²) in [5, 5.41) is 6.56. The van der Waals surface area contributed by atoms with Gasteiger partial charge in [-0.25, -0.2) is 9.97 Å². The Labute approximate surface area is 114 Å². The van der Waals surface area contributed by atoms with Crippen LogP contribution in [0.5, 0.6) is 0 Å². The van der Waals surface area contributed by atoms with Crippen LogP contribution >= 0.6 is 0 Å². The van der Waals surface area contributed by atoms with Crippen molar-refractivity contribution in [2.75, 3.05) is 31.6 Å². The van der Waals surface area contributed by atoms with Crippen molar-refractivity contribution >= 4 is 5.95 Å². The topological polar surface area (TPSA) is 59.1 Å². The highest BCUT2D eigenvalue weighted by Gasteiger charge is 2.18. The molecule has 1 aromatic rings. The third-order valence-electron chi connectivity index (χ3n) is 3.99. The fraction of sp³-hybridized carbons (Fsp3) is 0.714. The fourth-order valence-corrected chi connectivity index (χ4v) is 2.86. The quantitative estimate of drug-likeness (QED) is 0.862. The molecule has 5 nitrogen and oxygen atoms in total. The number of anilines is 1. The largest absolute Gasteiger partial charge is 0.374 e. The highest BCUT2D eigenvalue weighted by molar-refractivity contribution is 5.26. The summed E-state index contributed by atoms with van der Waals surface area (Å²) in [6.45, 7) is 3.39. The molecule has 1 atom stereocenters. The van der Waals surface area contributed by atoms with E-state index in [-0.39, 0.29) is 6.10 Å². The maximum atomic E-state index is 5.62. The lowest BCUT2D eigenvalue weighted by Crippen LogP contribution is -2.42. The molecule has 1 aromatic heterocycles. The van der Waals surface area contributed by atoms with E-state index in [2.05, 4.69) is 20.6 Å². The van der Waals surface area contributed by atoms with Crippen LogP contribution in [-0.2, 0) is 4.74 Å². The third-order valence-corrected chi connectivity index (χ3v) is 3.99. The maximum absolute atomic E-state index is 5.62. The molecule has 1 saturated carbocycles. The SMILES string of the molecule is c1nc(NCC2CNCCO2)ncc1C1CCCC1. The number of hydrogen-bond donors (Lipinski definition) is 2. The summed E-state index contributed by atoms with van der Waals surface area (Å²) in [7, 11) is 0. The summed E-state index contributed by atoms with van der Waals surface area (Å²) in [4.78, 5) is 8.82. The van der Waals surface area contributed by atoms with Crippen LogP contribution < -0.4 is 10.6 Å². The average molecular weight is 262 g/mol. The van der Waals surface area contributed by atoms with E-state index in [1.165, 1.54) is 31.2 Å². The molecule has 0 amide bonds. The lowest BCUT2D eigenvalue weighted by Gasteiger charge is -2.23. The van der Waals surface area contributed by atoms with E-state index >= 15 is 0 Å². The number of aromatic nitrogens is 2. The molecule has 0 bridgehead atoms. The van der Waals surface area contributed by atoms with Crippen LogP contribution in [0.15, 0.2) is 12.4 Å². The van der Waals surface area contributed by atoms with Crippen molar-refractivity contribution in [2.24, 2.45) is 0 Å². The molecule has 1 saturated heterocycles. The van der Waals surface area contributed by atoms with Gasteiger partial charge in [0.2, 0.25) is 5.95 Å². The van der Waals surface area contributed by atoms with Crippen LogP contribution in [0.4, 0.5) is 5.95 Å². The highest BCUT2D eigenvalue weighted by Crippen LogP contribution is 2.33. The molecule has 2 aliphatic rings. The Hall–Kier alpha value is -1.20. The van der Waals surface area contributed by atoms with E-state index in [0.717, 1.165) is 26.2 Å². The van der Waals surface area contributed by atoms with Gasteiger partial charge in [-0.2, -0.15) is 0 Å². The first-order valence-electron chi connectivity index (χ1n) is 7.30. The molecule has 0 aromatic carbocycles. The van der Waals surface area contributed by atoms with Gasteiger partial charge in [-0.05, 0) is 24.3 Å². The molecule has 3 rings (SSSR count). The summed E-state index contributed by atoms with van der Waals surface area (Å²) in [6, 6.07) is 0. The first kappa shape index (κ1) is 12.8. The van der Waals surface area contributed by atoms with Crippen molar-refractivity contribution < 1.29 is 4.74 Å². The van der Waals surface area contributed by atoms with Gasteiger partial charge in [0.15, 0.2) is 0 Å². The Balaban J connectivity index is 1.50. The number of hydrogen-bond acceptors (Lipinski definition) is 5. The van der Waals surface area contributed by atoms with Gasteiger partial charge < -0.3 is 15.4 Å². The normalized spacial score (nSPS) is 24.5. The summed E-state index contributed by atoms with van der Waals surface area (Å²) < 4.78 is 5.62. The van der Waals surface area contributed by atoms with Crippen LogP contribution in [0, 0.1) is 0 Å².